The molecular formula is C25H31N5O3. The summed E-state index contributed by atoms with van der Waals surface area (Å²) in [5.41, 5.74) is 2.56. The molecule has 3 aromatic rings. The maximum Gasteiger partial charge on any atom is 0.275 e. The zero-order chi connectivity index (χ0) is 23.4. The standard InChI is InChI=1S/C25H31N5O3/c1-4-28(5-2)19-10-11-22(18(3)16-19)26-23(31)17-30-25(32)21-9-7-6-8-20(21)24(27-30)29-12-14-33-15-13-29/h6-11,16H,4-5,12-15,17H2,1-3H3,(H,26,31). The van der Waals surface area contributed by atoms with Gasteiger partial charge in [-0.3, -0.25) is 9.59 Å². The zero-order valence-corrected chi connectivity index (χ0v) is 19.5. The number of nitrogens with zero attached hydrogens (tertiary/aromatic N) is 4. The molecule has 2 aromatic carbocycles. The monoisotopic (exact) mass is 449 g/mol. The molecule has 1 aromatic heterocycles. The quantitative estimate of drug-likeness (QED) is 0.597. The molecule has 1 aliphatic heterocycles. The predicted octanol–water partition coefficient (Wildman–Crippen LogP) is 3.03. The molecule has 8 nitrogen and oxygen atoms in total. The summed E-state index contributed by atoms with van der Waals surface area (Å²) in [6.45, 7) is 10.5. The number of hydrogen-bond acceptors (Lipinski definition) is 6. The molecule has 174 valence electrons. The number of ether oxygens (including phenoxy) is 1. The van der Waals surface area contributed by atoms with Crippen LogP contribution < -0.4 is 20.7 Å². The number of morpholine rings is 1. The topological polar surface area (TPSA) is 79.7 Å². The van der Waals surface area contributed by atoms with Crippen molar-refractivity contribution in [3.05, 3.63) is 58.4 Å². The van der Waals surface area contributed by atoms with Gasteiger partial charge in [0, 0.05) is 42.9 Å². The Hall–Kier alpha value is -3.39. The van der Waals surface area contributed by atoms with Gasteiger partial charge >= 0.3 is 0 Å². The van der Waals surface area contributed by atoms with Crippen molar-refractivity contribution in [1.82, 2.24) is 9.78 Å². The first-order valence-corrected chi connectivity index (χ1v) is 11.5. The normalized spacial score (nSPS) is 13.8. The fourth-order valence-corrected chi connectivity index (χ4v) is 4.23. The molecule has 1 amide bonds. The van der Waals surface area contributed by atoms with Crippen LogP contribution in [0.3, 0.4) is 0 Å². The molecule has 0 saturated carbocycles. The number of aryl methyl sites for hydroxylation is 1. The van der Waals surface area contributed by atoms with Gasteiger partial charge in [0.2, 0.25) is 5.91 Å². The average molecular weight is 450 g/mol. The summed E-state index contributed by atoms with van der Waals surface area (Å²) in [5, 5.41) is 8.89. The highest BCUT2D eigenvalue weighted by Gasteiger charge is 2.19. The largest absolute Gasteiger partial charge is 0.378 e. The second-order valence-electron chi connectivity index (χ2n) is 8.15. The Morgan fingerprint density at radius 1 is 1.09 bits per heavy atom. The lowest BCUT2D eigenvalue weighted by atomic mass is 10.1. The van der Waals surface area contributed by atoms with Crippen LogP contribution in [-0.4, -0.2) is 55.1 Å². The number of nitrogens with one attached hydrogen (secondary N) is 1. The SMILES string of the molecule is CCN(CC)c1ccc(NC(=O)Cn2nc(N3CCOCC3)c3ccccc3c2=O)c(C)c1. The van der Waals surface area contributed by atoms with E-state index in [1.165, 1.54) is 4.68 Å². The van der Waals surface area contributed by atoms with Gasteiger partial charge in [-0.15, -0.1) is 0 Å². The zero-order valence-electron chi connectivity index (χ0n) is 19.5. The van der Waals surface area contributed by atoms with Gasteiger partial charge in [0.05, 0.1) is 18.6 Å². The molecule has 0 atom stereocenters. The first-order valence-electron chi connectivity index (χ1n) is 11.5. The molecule has 1 saturated heterocycles. The van der Waals surface area contributed by atoms with Crippen molar-refractivity contribution in [2.75, 3.05) is 54.5 Å². The molecule has 0 bridgehead atoms. The summed E-state index contributed by atoms with van der Waals surface area (Å²) in [4.78, 5) is 30.3. The van der Waals surface area contributed by atoms with Crippen molar-refractivity contribution in [1.29, 1.82) is 0 Å². The molecule has 33 heavy (non-hydrogen) atoms. The Kier molecular flexibility index (Phi) is 6.93. The maximum atomic E-state index is 13.1. The van der Waals surface area contributed by atoms with Gasteiger partial charge < -0.3 is 19.9 Å². The number of fused-ring (bicyclic) bond motifs is 1. The molecule has 0 spiro atoms. The van der Waals surface area contributed by atoms with Gasteiger partial charge in [0.25, 0.3) is 5.56 Å². The smallest absolute Gasteiger partial charge is 0.275 e. The lowest BCUT2D eigenvalue weighted by Gasteiger charge is -2.29. The van der Waals surface area contributed by atoms with E-state index < -0.39 is 0 Å². The lowest BCUT2D eigenvalue weighted by Crippen LogP contribution is -2.39. The van der Waals surface area contributed by atoms with E-state index in [-0.39, 0.29) is 18.0 Å². The summed E-state index contributed by atoms with van der Waals surface area (Å²) in [6.07, 6.45) is 0. The number of carbonyl (C=O) groups excluding carboxylic acids is 1. The maximum absolute atomic E-state index is 13.1. The molecule has 8 heteroatoms. The summed E-state index contributed by atoms with van der Waals surface area (Å²) in [6, 6.07) is 13.4. The Morgan fingerprint density at radius 3 is 2.45 bits per heavy atom. The number of aromatic nitrogens is 2. The van der Waals surface area contributed by atoms with Crippen LogP contribution in [0.4, 0.5) is 17.2 Å². The molecule has 0 unspecified atom stereocenters. The van der Waals surface area contributed by atoms with E-state index in [9.17, 15) is 9.59 Å². The third-order valence-corrected chi connectivity index (χ3v) is 6.06. The average Bonchev–Trinajstić information content (AvgIpc) is 2.84. The Labute approximate surface area is 193 Å². The minimum absolute atomic E-state index is 0.155. The summed E-state index contributed by atoms with van der Waals surface area (Å²) in [5.74, 6) is 0.424. The van der Waals surface area contributed by atoms with E-state index in [1.54, 1.807) is 6.07 Å². The van der Waals surface area contributed by atoms with E-state index in [0.29, 0.717) is 37.5 Å². The van der Waals surface area contributed by atoms with Crippen molar-refractivity contribution in [2.24, 2.45) is 0 Å². The third kappa shape index (κ3) is 4.85. The molecular weight excluding hydrogens is 418 g/mol. The van der Waals surface area contributed by atoms with Crippen molar-refractivity contribution < 1.29 is 9.53 Å². The van der Waals surface area contributed by atoms with E-state index in [2.05, 4.69) is 40.1 Å². The minimum atomic E-state index is -0.286. The first kappa shape index (κ1) is 22.8. The molecule has 1 aliphatic rings. The van der Waals surface area contributed by atoms with E-state index >= 15 is 0 Å². The van der Waals surface area contributed by atoms with E-state index in [1.807, 2.05) is 37.3 Å². The van der Waals surface area contributed by atoms with Gasteiger partial charge in [-0.2, -0.15) is 5.10 Å². The van der Waals surface area contributed by atoms with Gasteiger partial charge in [0.15, 0.2) is 5.82 Å². The fraction of sp³-hybridized carbons (Fsp3) is 0.400. The number of carbonyl (C=O) groups is 1. The molecule has 0 aliphatic carbocycles. The van der Waals surface area contributed by atoms with Crippen molar-refractivity contribution >= 4 is 33.9 Å². The van der Waals surface area contributed by atoms with Crippen LogP contribution in [0, 0.1) is 6.92 Å². The van der Waals surface area contributed by atoms with Gasteiger partial charge in [-0.1, -0.05) is 18.2 Å². The Bertz CT molecular complexity index is 1200. The van der Waals surface area contributed by atoms with E-state index in [4.69, 9.17) is 4.74 Å². The molecule has 4 rings (SSSR count). The minimum Gasteiger partial charge on any atom is -0.378 e. The van der Waals surface area contributed by atoms with Crippen LogP contribution in [-0.2, 0) is 16.1 Å². The number of amides is 1. The number of hydrogen-bond donors (Lipinski definition) is 1. The highest BCUT2D eigenvalue weighted by atomic mass is 16.5. The molecule has 1 N–H and O–H groups in total. The van der Waals surface area contributed by atoms with Crippen LogP contribution in [0.2, 0.25) is 0 Å². The fourth-order valence-electron chi connectivity index (χ4n) is 4.23. The lowest BCUT2D eigenvalue weighted by molar-refractivity contribution is -0.117. The number of anilines is 3. The highest BCUT2D eigenvalue weighted by molar-refractivity contribution is 5.93. The van der Waals surface area contributed by atoms with Crippen molar-refractivity contribution in [3.63, 3.8) is 0 Å². The predicted molar refractivity (Wildman–Crippen MR) is 132 cm³/mol. The number of rotatable bonds is 7. The van der Waals surface area contributed by atoms with Crippen LogP contribution >= 0.6 is 0 Å². The molecule has 0 radical (unpaired) electrons. The van der Waals surface area contributed by atoms with Crippen LogP contribution in [0.1, 0.15) is 19.4 Å². The van der Waals surface area contributed by atoms with Crippen LogP contribution in [0.5, 0.6) is 0 Å². The van der Waals surface area contributed by atoms with Gasteiger partial charge in [-0.05, 0) is 50.6 Å². The summed E-state index contributed by atoms with van der Waals surface area (Å²) < 4.78 is 6.73. The van der Waals surface area contributed by atoms with Crippen molar-refractivity contribution in [3.8, 4) is 0 Å². The summed E-state index contributed by atoms with van der Waals surface area (Å²) >= 11 is 0. The first-order chi connectivity index (χ1) is 16.0. The van der Waals surface area contributed by atoms with Crippen LogP contribution in [0.15, 0.2) is 47.3 Å². The third-order valence-electron chi connectivity index (χ3n) is 6.06. The van der Waals surface area contributed by atoms with Crippen molar-refractivity contribution in [2.45, 2.75) is 27.3 Å². The Balaban J connectivity index is 1.59. The summed E-state index contributed by atoms with van der Waals surface area (Å²) in [7, 11) is 0. The second-order valence-corrected chi connectivity index (χ2v) is 8.15. The molecule has 1 fully saturated rings. The molecule has 2 heterocycles. The number of benzene rings is 2. The van der Waals surface area contributed by atoms with Gasteiger partial charge in [0.1, 0.15) is 6.54 Å². The highest BCUT2D eigenvalue weighted by Crippen LogP contribution is 2.24. The Morgan fingerprint density at radius 2 is 1.79 bits per heavy atom. The second kappa shape index (κ2) is 10.0. The van der Waals surface area contributed by atoms with Crippen LogP contribution in [0.25, 0.3) is 10.8 Å². The van der Waals surface area contributed by atoms with Gasteiger partial charge in [-0.25, -0.2) is 4.68 Å². The van der Waals surface area contributed by atoms with E-state index in [0.717, 1.165) is 35.4 Å².